The van der Waals surface area contributed by atoms with Crippen molar-refractivity contribution in [3.05, 3.63) is 0 Å². The molecule has 9 heavy (non-hydrogen) atoms. The van der Waals surface area contributed by atoms with Crippen molar-refractivity contribution in [2.45, 2.75) is 25.7 Å². The smallest absolute Gasteiger partial charge is 0.00365 e. The van der Waals surface area contributed by atoms with Crippen LogP contribution < -0.4 is 0 Å². The zero-order chi connectivity index (χ0) is 6.10. The maximum absolute atomic E-state index is 2.17. The SMILES string of the molecule is C1CC2CCSCC2C1. The lowest BCUT2D eigenvalue weighted by atomic mass is 9.95. The number of hydrogen-bond donors (Lipinski definition) is 0. The van der Waals surface area contributed by atoms with Crippen LogP contribution in [0, 0.1) is 11.8 Å². The zero-order valence-electron chi connectivity index (χ0n) is 5.81. The number of rotatable bonds is 0. The van der Waals surface area contributed by atoms with Crippen LogP contribution in [-0.2, 0) is 0 Å². The highest BCUT2D eigenvalue weighted by Gasteiger charge is 2.29. The Balaban J connectivity index is 1.97. The van der Waals surface area contributed by atoms with Crippen LogP contribution in [0.2, 0.25) is 0 Å². The van der Waals surface area contributed by atoms with Crippen molar-refractivity contribution in [2.24, 2.45) is 11.8 Å². The van der Waals surface area contributed by atoms with Gasteiger partial charge in [0.1, 0.15) is 0 Å². The number of hydrogen-bond acceptors (Lipinski definition) is 1. The molecule has 1 heterocycles. The summed E-state index contributed by atoms with van der Waals surface area (Å²) >= 11 is 2.17. The average Bonchev–Trinajstić information content (AvgIpc) is 2.33. The third kappa shape index (κ3) is 1.12. The Morgan fingerprint density at radius 3 is 2.78 bits per heavy atom. The van der Waals surface area contributed by atoms with Gasteiger partial charge in [-0.1, -0.05) is 12.8 Å². The van der Waals surface area contributed by atoms with Crippen molar-refractivity contribution in [2.75, 3.05) is 11.5 Å². The molecule has 0 spiro atoms. The second kappa shape index (κ2) is 2.53. The van der Waals surface area contributed by atoms with E-state index in [1.165, 1.54) is 30.8 Å². The molecule has 2 atom stereocenters. The monoisotopic (exact) mass is 142 g/mol. The minimum Gasteiger partial charge on any atom is -0.162 e. The highest BCUT2D eigenvalue weighted by molar-refractivity contribution is 7.99. The van der Waals surface area contributed by atoms with Crippen LogP contribution in [0.15, 0.2) is 0 Å². The predicted molar refractivity (Wildman–Crippen MR) is 42.8 cm³/mol. The zero-order valence-corrected chi connectivity index (χ0v) is 6.62. The van der Waals surface area contributed by atoms with Gasteiger partial charge in [-0.2, -0.15) is 11.8 Å². The van der Waals surface area contributed by atoms with Gasteiger partial charge in [0.2, 0.25) is 0 Å². The minimum absolute atomic E-state index is 1.13. The summed E-state index contributed by atoms with van der Waals surface area (Å²) in [4.78, 5) is 0. The van der Waals surface area contributed by atoms with E-state index in [0.717, 1.165) is 11.8 Å². The normalized spacial score (nSPS) is 42.7. The summed E-state index contributed by atoms with van der Waals surface area (Å²) in [5.74, 6) is 5.20. The Morgan fingerprint density at radius 2 is 1.89 bits per heavy atom. The second-order valence-electron chi connectivity index (χ2n) is 3.31. The Kier molecular flexibility index (Phi) is 1.71. The van der Waals surface area contributed by atoms with Gasteiger partial charge in [-0.25, -0.2) is 0 Å². The Labute approximate surface area is 61.4 Å². The van der Waals surface area contributed by atoms with E-state index in [4.69, 9.17) is 0 Å². The maximum Gasteiger partial charge on any atom is -0.00365 e. The quantitative estimate of drug-likeness (QED) is 0.501. The third-order valence-corrected chi connectivity index (χ3v) is 3.97. The average molecular weight is 142 g/mol. The largest absolute Gasteiger partial charge is 0.162 e. The first-order valence-electron chi connectivity index (χ1n) is 4.04. The summed E-state index contributed by atoms with van der Waals surface area (Å²) in [5.41, 5.74) is 0. The van der Waals surface area contributed by atoms with Crippen LogP contribution in [0.4, 0.5) is 0 Å². The maximum atomic E-state index is 2.17. The summed E-state index contributed by atoms with van der Waals surface area (Å²) in [6.07, 6.45) is 6.13. The van der Waals surface area contributed by atoms with E-state index in [-0.39, 0.29) is 0 Å². The van der Waals surface area contributed by atoms with Gasteiger partial charge in [0.25, 0.3) is 0 Å². The molecule has 1 aliphatic heterocycles. The van der Waals surface area contributed by atoms with Crippen LogP contribution in [0.3, 0.4) is 0 Å². The topological polar surface area (TPSA) is 0 Å². The number of fused-ring (bicyclic) bond motifs is 1. The summed E-state index contributed by atoms with van der Waals surface area (Å²) in [6, 6.07) is 0. The molecule has 0 aromatic rings. The second-order valence-corrected chi connectivity index (χ2v) is 4.46. The summed E-state index contributed by atoms with van der Waals surface area (Å²) < 4.78 is 0. The molecule has 0 N–H and O–H groups in total. The molecule has 0 amide bonds. The Bertz CT molecular complexity index is 88.7. The molecule has 1 heteroatoms. The fraction of sp³-hybridized carbons (Fsp3) is 1.00. The van der Waals surface area contributed by atoms with Crippen LogP contribution >= 0.6 is 11.8 Å². The lowest BCUT2D eigenvalue weighted by Gasteiger charge is -2.23. The van der Waals surface area contributed by atoms with Crippen molar-refractivity contribution in [3.8, 4) is 0 Å². The summed E-state index contributed by atoms with van der Waals surface area (Å²) in [6.45, 7) is 0. The van der Waals surface area contributed by atoms with Crippen LogP contribution in [0.25, 0.3) is 0 Å². The predicted octanol–water partition coefficient (Wildman–Crippen LogP) is 2.54. The molecule has 2 unspecified atom stereocenters. The first-order valence-corrected chi connectivity index (χ1v) is 5.20. The fourth-order valence-electron chi connectivity index (χ4n) is 2.18. The van der Waals surface area contributed by atoms with E-state index < -0.39 is 0 Å². The first-order chi connectivity index (χ1) is 4.47. The van der Waals surface area contributed by atoms with E-state index in [0.29, 0.717) is 0 Å². The van der Waals surface area contributed by atoms with Crippen molar-refractivity contribution < 1.29 is 0 Å². The molecule has 1 aliphatic carbocycles. The van der Waals surface area contributed by atoms with Crippen molar-refractivity contribution in [1.29, 1.82) is 0 Å². The molecule has 0 nitrogen and oxygen atoms in total. The summed E-state index contributed by atoms with van der Waals surface area (Å²) in [5, 5.41) is 0. The fourth-order valence-corrected chi connectivity index (χ4v) is 3.56. The standard InChI is InChI=1S/C8H14S/c1-2-7-4-5-9-6-8(7)3-1/h7-8H,1-6H2. The highest BCUT2D eigenvalue weighted by atomic mass is 32.2. The van der Waals surface area contributed by atoms with Crippen molar-refractivity contribution in [1.82, 2.24) is 0 Å². The highest BCUT2D eigenvalue weighted by Crippen LogP contribution is 2.40. The van der Waals surface area contributed by atoms with Crippen molar-refractivity contribution >= 4 is 11.8 Å². The molecule has 1 saturated carbocycles. The molecule has 2 fully saturated rings. The van der Waals surface area contributed by atoms with Gasteiger partial charge in [0.15, 0.2) is 0 Å². The van der Waals surface area contributed by atoms with E-state index in [9.17, 15) is 0 Å². The lowest BCUT2D eigenvalue weighted by molar-refractivity contribution is 0.405. The molecule has 2 aliphatic rings. The van der Waals surface area contributed by atoms with E-state index in [2.05, 4.69) is 11.8 Å². The molecule has 0 radical (unpaired) electrons. The molecule has 0 bridgehead atoms. The summed E-state index contributed by atoms with van der Waals surface area (Å²) in [7, 11) is 0. The van der Waals surface area contributed by atoms with Gasteiger partial charge >= 0.3 is 0 Å². The van der Waals surface area contributed by atoms with Gasteiger partial charge in [0, 0.05) is 0 Å². The Morgan fingerprint density at radius 1 is 1.00 bits per heavy atom. The van der Waals surface area contributed by atoms with E-state index >= 15 is 0 Å². The van der Waals surface area contributed by atoms with Crippen molar-refractivity contribution in [3.63, 3.8) is 0 Å². The molecule has 52 valence electrons. The van der Waals surface area contributed by atoms with Gasteiger partial charge in [-0.3, -0.25) is 0 Å². The Hall–Kier alpha value is 0.350. The van der Waals surface area contributed by atoms with Gasteiger partial charge in [0.05, 0.1) is 0 Å². The molecule has 2 rings (SSSR count). The molecular weight excluding hydrogens is 128 g/mol. The third-order valence-electron chi connectivity index (χ3n) is 2.78. The van der Waals surface area contributed by atoms with Gasteiger partial charge < -0.3 is 0 Å². The van der Waals surface area contributed by atoms with E-state index in [1.807, 2.05) is 0 Å². The molecule has 0 aromatic carbocycles. The van der Waals surface area contributed by atoms with Crippen LogP contribution in [0.1, 0.15) is 25.7 Å². The van der Waals surface area contributed by atoms with Gasteiger partial charge in [-0.05, 0) is 36.2 Å². The molecular formula is C8H14S. The number of thioether (sulfide) groups is 1. The molecule has 1 saturated heterocycles. The lowest BCUT2D eigenvalue weighted by Crippen LogP contribution is -2.16. The first kappa shape index (κ1) is 6.09. The minimum atomic E-state index is 1.13. The van der Waals surface area contributed by atoms with E-state index in [1.54, 1.807) is 6.42 Å². The van der Waals surface area contributed by atoms with Crippen LogP contribution in [0.5, 0.6) is 0 Å². The molecule has 0 aromatic heterocycles. The van der Waals surface area contributed by atoms with Gasteiger partial charge in [-0.15, -0.1) is 0 Å². The van der Waals surface area contributed by atoms with Crippen LogP contribution in [-0.4, -0.2) is 11.5 Å².